The maximum Gasteiger partial charge on any atom is 0.215 e. The van der Waals surface area contributed by atoms with Crippen molar-refractivity contribution in [3.63, 3.8) is 0 Å². The van der Waals surface area contributed by atoms with E-state index in [1.165, 1.54) is 25.7 Å². The summed E-state index contributed by atoms with van der Waals surface area (Å²) < 4.78 is 4.76. The zero-order valence-electron chi connectivity index (χ0n) is 8.81. The van der Waals surface area contributed by atoms with E-state index in [9.17, 15) is 0 Å². The van der Waals surface area contributed by atoms with Crippen LogP contribution in [0.5, 0.6) is 0 Å². The van der Waals surface area contributed by atoms with E-state index in [-0.39, 0.29) is 0 Å². The largest absolute Gasteiger partial charge is 0.428 e. The predicted molar refractivity (Wildman–Crippen MR) is 53.6 cm³/mol. The first-order valence-electron chi connectivity index (χ1n) is 4.78. The Bertz CT molecular complexity index is 198. The Kier molecular flexibility index (Phi) is 8.07. The number of aryl methyl sites for hydroxylation is 1. The first-order chi connectivity index (χ1) is 6.83. The molecule has 0 unspecified atom stereocenters. The fraction of sp³-hybridized carbons (Fsp3) is 0.778. The monoisotopic (exact) mass is 201 g/mol. The van der Waals surface area contributed by atoms with Gasteiger partial charge in [-0.3, -0.25) is 0 Å². The molecule has 0 amide bonds. The van der Waals surface area contributed by atoms with E-state index in [1.54, 1.807) is 0 Å². The molecule has 5 heteroatoms. The van der Waals surface area contributed by atoms with Gasteiger partial charge in [0.2, 0.25) is 12.3 Å². The Balaban J connectivity index is 0.000000213. The molecule has 0 atom stereocenters. The number of hydrogen-bond acceptors (Lipinski definition) is 5. The van der Waals surface area contributed by atoms with Crippen LogP contribution >= 0.6 is 0 Å². The second-order valence-corrected chi connectivity index (χ2v) is 2.88. The molecule has 1 aliphatic rings. The molecule has 14 heavy (non-hydrogen) atoms. The lowest BCUT2D eigenvalue weighted by Gasteiger charge is -2.18. The third-order valence-corrected chi connectivity index (χ3v) is 1.86. The lowest BCUT2D eigenvalue weighted by atomic mass is 9.95. The first kappa shape index (κ1) is 13.1. The van der Waals surface area contributed by atoms with E-state index in [4.69, 9.17) is 15.3 Å². The van der Waals surface area contributed by atoms with Gasteiger partial charge in [0, 0.05) is 19.6 Å². The molecule has 1 saturated carbocycles. The van der Waals surface area contributed by atoms with Crippen LogP contribution in [0.1, 0.15) is 32.1 Å². The molecule has 2 rings (SSSR count). The highest BCUT2D eigenvalue weighted by Gasteiger charge is 2.09. The van der Waals surface area contributed by atoms with Gasteiger partial charge in [-0.1, -0.05) is 13.3 Å². The molecule has 0 aromatic carbocycles. The predicted octanol–water partition coefficient (Wildman–Crippen LogP) is 0.738. The Morgan fingerprint density at radius 3 is 2.29 bits per heavy atom. The number of aliphatic hydroxyl groups is 1. The molecule has 1 fully saturated rings. The highest BCUT2D eigenvalue weighted by Crippen LogP contribution is 2.14. The fourth-order valence-corrected chi connectivity index (χ4v) is 0.790. The van der Waals surface area contributed by atoms with Gasteiger partial charge in [-0.15, -0.1) is 10.2 Å². The molecule has 1 heterocycles. The van der Waals surface area contributed by atoms with Crippen molar-refractivity contribution in [2.45, 2.75) is 38.6 Å². The first-order valence-corrected chi connectivity index (χ1v) is 4.78. The van der Waals surface area contributed by atoms with Crippen LogP contribution in [0.2, 0.25) is 0 Å². The Labute approximate surface area is 84.3 Å². The summed E-state index contributed by atoms with van der Waals surface area (Å²) in [5.41, 5.74) is 5.38. The summed E-state index contributed by atoms with van der Waals surface area (Å²) in [7, 11) is 1.00. The van der Waals surface area contributed by atoms with Crippen molar-refractivity contribution in [3.05, 3.63) is 12.3 Å². The molecule has 5 nitrogen and oxygen atoms in total. The van der Waals surface area contributed by atoms with Gasteiger partial charge >= 0.3 is 0 Å². The van der Waals surface area contributed by atoms with Gasteiger partial charge < -0.3 is 15.3 Å². The maximum atomic E-state index is 7.00. The van der Waals surface area contributed by atoms with Crippen molar-refractivity contribution < 1.29 is 9.52 Å². The minimum absolute atomic E-state index is 0.565. The third kappa shape index (κ3) is 5.66. The molecule has 0 spiro atoms. The van der Waals surface area contributed by atoms with Gasteiger partial charge in [0.1, 0.15) is 0 Å². The lowest BCUT2D eigenvalue weighted by molar-refractivity contribution is 0.399. The van der Waals surface area contributed by atoms with Gasteiger partial charge in [-0.2, -0.15) is 0 Å². The molecule has 0 bridgehead atoms. The summed E-state index contributed by atoms with van der Waals surface area (Å²) in [5, 5.41) is 14.1. The van der Waals surface area contributed by atoms with E-state index in [0.717, 1.165) is 13.5 Å². The van der Waals surface area contributed by atoms with Crippen molar-refractivity contribution in [2.75, 3.05) is 7.11 Å². The Hall–Kier alpha value is -0.940. The van der Waals surface area contributed by atoms with E-state index in [0.29, 0.717) is 11.9 Å². The average molecular weight is 201 g/mol. The third-order valence-electron chi connectivity index (χ3n) is 1.86. The van der Waals surface area contributed by atoms with E-state index >= 15 is 0 Å². The summed E-state index contributed by atoms with van der Waals surface area (Å²) in [6.45, 7) is 1.97. The summed E-state index contributed by atoms with van der Waals surface area (Å²) in [4.78, 5) is 0. The van der Waals surface area contributed by atoms with Gasteiger partial charge in [-0.05, 0) is 12.8 Å². The van der Waals surface area contributed by atoms with E-state index in [1.807, 2.05) is 6.92 Å². The molecular formula is C9H19N3O2. The molecule has 1 aromatic rings. The van der Waals surface area contributed by atoms with Gasteiger partial charge in [0.05, 0.1) is 0 Å². The Morgan fingerprint density at radius 1 is 1.57 bits per heavy atom. The summed E-state index contributed by atoms with van der Waals surface area (Å²) in [5.74, 6) is 0.694. The van der Waals surface area contributed by atoms with Crippen molar-refractivity contribution in [1.29, 1.82) is 0 Å². The summed E-state index contributed by atoms with van der Waals surface area (Å²) in [6.07, 6.45) is 6.04. The minimum atomic E-state index is 0.565. The normalized spacial score (nSPS) is 14.3. The SMILES string of the molecule is CCc1nnco1.CO.NC1CCC1. The van der Waals surface area contributed by atoms with E-state index < -0.39 is 0 Å². The number of aromatic nitrogens is 2. The molecule has 3 N–H and O–H groups in total. The van der Waals surface area contributed by atoms with Crippen molar-refractivity contribution >= 4 is 0 Å². The lowest BCUT2D eigenvalue weighted by Crippen LogP contribution is -2.27. The van der Waals surface area contributed by atoms with Gasteiger partial charge in [0.15, 0.2) is 0 Å². The minimum Gasteiger partial charge on any atom is -0.428 e. The summed E-state index contributed by atoms with van der Waals surface area (Å²) in [6, 6.07) is 0.565. The van der Waals surface area contributed by atoms with E-state index in [2.05, 4.69) is 10.2 Å². The van der Waals surface area contributed by atoms with Crippen molar-refractivity contribution in [1.82, 2.24) is 10.2 Å². The van der Waals surface area contributed by atoms with Gasteiger partial charge in [-0.25, -0.2) is 0 Å². The van der Waals surface area contributed by atoms with Crippen LogP contribution in [-0.2, 0) is 6.42 Å². The zero-order valence-corrected chi connectivity index (χ0v) is 8.81. The van der Waals surface area contributed by atoms with Crippen LogP contribution in [0, 0.1) is 0 Å². The van der Waals surface area contributed by atoms with Crippen LogP contribution in [-0.4, -0.2) is 28.5 Å². The quantitative estimate of drug-likeness (QED) is 0.700. The number of nitrogens with zero attached hydrogens (tertiary/aromatic N) is 2. The Morgan fingerprint density at radius 2 is 2.14 bits per heavy atom. The topological polar surface area (TPSA) is 85.2 Å². The van der Waals surface area contributed by atoms with Crippen LogP contribution in [0.4, 0.5) is 0 Å². The van der Waals surface area contributed by atoms with Crippen molar-refractivity contribution in [3.8, 4) is 0 Å². The standard InChI is InChI=1S/C4H6N2O.C4H9N.CH4O/c1-2-4-6-5-3-7-4;5-4-2-1-3-4;1-2/h3H,2H2,1H3;4H,1-3,5H2;2H,1H3. The highest BCUT2D eigenvalue weighted by atomic mass is 16.4. The number of aliphatic hydroxyl groups excluding tert-OH is 1. The van der Waals surface area contributed by atoms with Crippen LogP contribution in [0.3, 0.4) is 0 Å². The van der Waals surface area contributed by atoms with Crippen LogP contribution < -0.4 is 5.73 Å². The second kappa shape index (κ2) is 8.65. The molecule has 82 valence electrons. The number of rotatable bonds is 1. The maximum absolute atomic E-state index is 7.00. The molecule has 1 aromatic heterocycles. The zero-order chi connectivity index (χ0) is 10.8. The van der Waals surface area contributed by atoms with Crippen LogP contribution in [0.15, 0.2) is 10.8 Å². The van der Waals surface area contributed by atoms with Crippen LogP contribution in [0.25, 0.3) is 0 Å². The number of hydrogen-bond donors (Lipinski definition) is 2. The van der Waals surface area contributed by atoms with Crippen molar-refractivity contribution in [2.24, 2.45) is 5.73 Å². The smallest absolute Gasteiger partial charge is 0.215 e. The highest BCUT2D eigenvalue weighted by molar-refractivity contribution is 4.70. The second-order valence-electron chi connectivity index (χ2n) is 2.88. The fourth-order valence-electron chi connectivity index (χ4n) is 0.790. The molecule has 0 radical (unpaired) electrons. The molecule has 0 aliphatic heterocycles. The average Bonchev–Trinajstić information content (AvgIpc) is 2.71. The molecule has 0 saturated heterocycles. The molecule has 1 aliphatic carbocycles. The molecular weight excluding hydrogens is 182 g/mol. The summed E-state index contributed by atoms with van der Waals surface area (Å²) >= 11 is 0. The number of nitrogens with two attached hydrogens (primary N) is 1. The van der Waals surface area contributed by atoms with Gasteiger partial charge in [0.25, 0.3) is 0 Å².